The van der Waals surface area contributed by atoms with Gasteiger partial charge in [-0.05, 0) is 50.8 Å². The van der Waals surface area contributed by atoms with Crippen molar-refractivity contribution in [1.29, 1.82) is 0 Å². The number of carbonyl (C=O) groups excluding carboxylic acids is 1. The second kappa shape index (κ2) is 11.2. The zero-order valence-electron chi connectivity index (χ0n) is 18.1. The number of halogens is 3. The van der Waals surface area contributed by atoms with Crippen LogP contribution in [-0.2, 0) is 17.5 Å². The summed E-state index contributed by atoms with van der Waals surface area (Å²) in [6.07, 6.45) is -0.379. The number of hydrogen-bond acceptors (Lipinski definition) is 3. The van der Waals surface area contributed by atoms with Crippen LogP contribution in [0.1, 0.15) is 58.1 Å². The molecule has 1 aromatic rings. The molecular weight excluding hydrogens is 379 g/mol. The highest BCUT2D eigenvalue weighted by molar-refractivity contribution is 5.93. The standard InChI is InChI=1S/C20H28F3N3O.C2H6/c1-4-25(3)12-14(2)19(27)26(18-9-8-17(24)11-18)13-15-6-5-7-16(10-15)20(21,22)23;1-2/h5-7,10,12,17-18H,4,8-9,11,13,24H2,1-3H3;1-2H3/b14-12+;/t17?,18-;/m1./s1. The van der Waals surface area contributed by atoms with Gasteiger partial charge in [-0.15, -0.1) is 0 Å². The van der Waals surface area contributed by atoms with Gasteiger partial charge in [0.15, 0.2) is 0 Å². The predicted molar refractivity (Wildman–Crippen MR) is 111 cm³/mol. The van der Waals surface area contributed by atoms with Crippen molar-refractivity contribution in [3.63, 3.8) is 0 Å². The molecule has 1 fully saturated rings. The first-order valence-corrected chi connectivity index (χ1v) is 10.2. The summed E-state index contributed by atoms with van der Waals surface area (Å²) < 4.78 is 39.0. The normalized spacial score (nSPS) is 19.4. The number of amides is 1. The summed E-state index contributed by atoms with van der Waals surface area (Å²) in [6, 6.07) is 5.14. The second-order valence-corrected chi connectivity index (χ2v) is 7.24. The number of rotatable bonds is 6. The molecule has 0 saturated heterocycles. The quantitative estimate of drug-likeness (QED) is 0.682. The molecule has 2 N–H and O–H groups in total. The van der Waals surface area contributed by atoms with Gasteiger partial charge in [0, 0.05) is 44.0 Å². The predicted octanol–water partition coefficient (Wildman–Crippen LogP) is 4.80. The Kier molecular flexibility index (Phi) is 9.70. The first-order valence-electron chi connectivity index (χ1n) is 10.2. The summed E-state index contributed by atoms with van der Waals surface area (Å²) in [5, 5.41) is 0. The Bertz CT molecular complexity index is 688. The lowest BCUT2D eigenvalue weighted by Gasteiger charge is -2.30. The fourth-order valence-electron chi connectivity index (χ4n) is 3.39. The zero-order valence-corrected chi connectivity index (χ0v) is 18.1. The van der Waals surface area contributed by atoms with Crippen molar-refractivity contribution < 1.29 is 18.0 Å². The van der Waals surface area contributed by atoms with Crippen LogP contribution in [0.5, 0.6) is 0 Å². The maximum atomic E-state index is 13.0. The molecule has 2 rings (SSSR count). The third-order valence-corrected chi connectivity index (χ3v) is 5.00. The molecule has 7 heteroatoms. The maximum absolute atomic E-state index is 13.0. The maximum Gasteiger partial charge on any atom is 0.416 e. The van der Waals surface area contributed by atoms with Gasteiger partial charge in [-0.2, -0.15) is 13.2 Å². The first kappa shape index (κ1) is 25.0. The molecule has 1 aliphatic rings. The molecule has 29 heavy (non-hydrogen) atoms. The minimum atomic E-state index is -4.40. The van der Waals surface area contributed by atoms with Crippen LogP contribution in [0.25, 0.3) is 0 Å². The molecule has 1 saturated carbocycles. The lowest BCUT2D eigenvalue weighted by molar-refractivity contribution is -0.137. The largest absolute Gasteiger partial charge is 0.416 e. The summed E-state index contributed by atoms with van der Waals surface area (Å²) in [4.78, 5) is 16.6. The average Bonchev–Trinajstić information content (AvgIpc) is 3.12. The van der Waals surface area contributed by atoms with E-state index in [9.17, 15) is 18.0 Å². The summed E-state index contributed by atoms with van der Waals surface area (Å²) >= 11 is 0. The van der Waals surface area contributed by atoms with Gasteiger partial charge >= 0.3 is 6.18 Å². The first-order chi connectivity index (χ1) is 13.6. The molecule has 4 nitrogen and oxygen atoms in total. The van der Waals surface area contributed by atoms with Crippen LogP contribution in [0.15, 0.2) is 36.0 Å². The van der Waals surface area contributed by atoms with Gasteiger partial charge in [0.05, 0.1) is 5.56 Å². The van der Waals surface area contributed by atoms with Crippen molar-refractivity contribution in [2.24, 2.45) is 5.73 Å². The Balaban J connectivity index is 0.00000204. The molecule has 0 bridgehead atoms. The SMILES string of the molecule is CC.CCN(C)/C=C(\C)C(=O)N(Cc1cccc(C(F)(F)F)c1)[C@@H]1CCC(N)C1. The number of alkyl halides is 3. The molecule has 2 atom stereocenters. The van der Waals surface area contributed by atoms with Gasteiger partial charge in [-0.25, -0.2) is 0 Å². The van der Waals surface area contributed by atoms with E-state index in [-0.39, 0.29) is 24.5 Å². The highest BCUT2D eigenvalue weighted by atomic mass is 19.4. The highest BCUT2D eigenvalue weighted by Gasteiger charge is 2.33. The molecule has 0 aliphatic heterocycles. The van der Waals surface area contributed by atoms with E-state index in [0.29, 0.717) is 17.6 Å². The van der Waals surface area contributed by atoms with E-state index in [0.717, 1.165) is 31.5 Å². The second-order valence-electron chi connectivity index (χ2n) is 7.24. The van der Waals surface area contributed by atoms with Crippen LogP contribution >= 0.6 is 0 Å². The van der Waals surface area contributed by atoms with E-state index in [1.54, 1.807) is 24.1 Å². The van der Waals surface area contributed by atoms with Crippen LogP contribution in [-0.4, -0.2) is 41.4 Å². The summed E-state index contributed by atoms with van der Waals surface area (Å²) in [5.41, 5.74) is 6.34. The molecule has 1 aliphatic carbocycles. The molecule has 0 spiro atoms. The van der Waals surface area contributed by atoms with Crippen LogP contribution < -0.4 is 5.73 Å². The van der Waals surface area contributed by atoms with Gasteiger partial charge in [0.1, 0.15) is 0 Å². The van der Waals surface area contributed by atoms with Crippen molar-refractivity contribution in [3.05, 3.63) is 47.2 Å². The molecule has 0 radical (unpaired) electrons. The molecule has 1 amide bonds. The van der Waals surface area contributed by atoms with E-state index in [4.69, 9.17) is 5.73 Å². The van der Waals surface area contributed by atoms with Crippen LogP contribution in [0, 0.1) is 0 Å². The molecule has 0 heterocycles. The van der Waals surface area contributed by atoms with Crippen molar-refractivity contribution in [1.82, 2.24) is 9.80 Å². The Morgan fingerprint density at radius 3 is 2.45 bits per heavy atom. The minimum absolute atomic E-state index is 0.0226. The summed E-state index contributed by atoms with van der Waals surface area (Å²) in [6.45, 7) is 8.61. The molecule has 0 aromatic heterocycles. The Labute approximate surface area is 172 Å². The summed E-state index contributed by atoms with van der Waals surface area (Å²) in [5.74, 6) is -0.160. The van der Waals surface area contributed by atoms with Gasteiger partial charge in [0.25, 0.3) is 5.91 Å². The van der Waals surface area contributed by atoms with E-state index in [1.807, 2.05) is 32.7 Å². The zero-order chi connectivity index (χ0) is 22.2. The fraction of sp³-hybridized carbons (Fsp3) is 0.591. The van der Waals surface area contributed by atoms with Crippen LogP contribution in [0.4, 0.5) is 13.2 Å². The number of nitrogens with zero attached hydrogens (tertiary/aromatic N) is 2. The van der Waals surface area contributed by atoms with Crippen LogP contribution in [0.3, 0.4) is 0 Å². The minimum Gasteiger partial charge on any atom is -0.380 e. The lowest BCUT2D eigenvalue weighted by atomic mass is 10.1. The molecular formula is C22H34F3N3O. The van der Waals surface area contributed by atoms with Crippen LogP contribution in [0.2, 0.25) is 0 Å². The topological polar surface area (TPSA) is 49.6 Å². The molecule has 164 valence electrons. The van der Waals surface area contributed by atoms with E-state index in [2.05, 4.69) is 0 Å². The smallest absolute Gasteiger partial charge is 0.380 e. The van der Waals surface area contributed by atoms with Gasteiger partial charge in [0.2, 0.25) is 0 Å². The monoisotopic (exact) mass is 413 g/mol. The average molecular weight is 414 g/mol. The number of hydrogen-bond donors (Lipinski definition) is 1. The Morgan fingerprint density at radius 2 is 1.93 bits per heavy atom. The van der Waals surface area contributed by atoms with Gasteiger partial charge in [-0.3, -0.25) is 4.79 Å². The number of benzene rings is 1. The van der Waals surface area contributed by atoms with Gasteiger partial charge in [-0.1, -0.05) is 26.0 Å². The van der Waals surface area contributed by atoms with Crippen molar-refractivity contribution in [2.45, 2.75) is 71.8 Å². The third kappa shape index (κ3) is 7.38. The molecule has 1 unspecified atom stereocenters. The van der Waals surface area contributed by atoms with E-state index in [1.165, 1.54) is 6.07 Å². The Hall–Kier alpha value is -2.02. The van der Waals surface area contributed by atoms with E-state index >= 15 is 0 Å². The van der Waals surface area contributed by atoms with Crippen molar-refractivity contribution in [2.75, 3.05) is 13.6 Å². The number of carbonyl (C=O) groups is 1. The molecule has 1 aromatic carbocycles. The lowest BCUT2D eigenvalue weighted by Crippen LogP contribution is -2.40. The van der Waals surface area contributed by atoms with Gasteiger partial charge < -0.3 is 15.5 Å². The van der Waals surface area contributed by atoms with Crippen molar-refractivity contribution >= 4 is 5.91 Å². The fourth-order valence-corrected chi connectivity index (χ4v) is 3.39. The highest BCUT2D eigenvalue weighted by Crippen LogP contribution is 2.31. The number of nitrogens with two attached hydrogens (primary N) is 1. The van der Waals surface area contributed by atoms with Crippen molar-refractivity contribution in [3.8, 4) is 0 Å². The van der Waals surface area contributed by atoms with E-state index < -0.39 is 11.7 Å². The third-order valence-electron chi connectivity index (χ3n) is 5.00. The Morgan fingerprint density at radius 1 is 1.28 bits per heavy atom. The summed E-state index contributed by atoms with van der Waals surface area (Å²) in [7, 11) is 1.87.